The third-order valence-corrected chi connectivity index (χ3v) is 1.62. The van der Waals surface area contributed by atoms with E-state index in [-0.39, 0.29) is 13.0 Å². The molecule has 60 valence electrons. The quantitative estimate of drug-likeness (QED) is 0.518. The third kappa shape index (κ3) is 1.87. The van der Waals surface area contributed by atoms with Gasteiger partial charge in [0.2, 0.25) is 0 Å². The van der Waals surface area contributed by atoms with Gasteiger partial charge < -0.3 is 4.74 Å². The summed E-state index contributed by atoms with van der Waals surface area (Å²) < 4.78 is 40.3. The molecule has 1 fully saturated rings. The van der Waals surface area contributed by atoms with E-state index in [0.29, 0.717) is 13.0 Å². The molecule has 1 nitrogen and oxygen atoms in total. The maximum Gasteiger partial charge on any atom is 0.394 e. The van der Waals surface area contributed by atoms with E-state index >= 15 is 0 Å². The highest BCUT2D eigenvalue weighted by molar-refractivity contribution is 4.69. The largest absolute Gasteiger partial charge is 0.394 e. The minimum atomic E-state index is -4.06. The molecule has 0 radical (unpaired) electrons. The fourth-order valence-electron chi connectivity index (χ4n) is 0.999. The molecule has 1 heterocycles. The number of alkyl halides is 3. The van der Waals surface area contributed by atoms with Crippen LogP contribution in [0.4, 0.5) is 13.2 Å². The molecule has 1 rings (SSSR count). The van der Waals surface area contributed by atoms with E-state index in [1.165, 1.54) is 0 Å². The zero-order valence-corrected chi connectivity index (χ0v) is 5.45. The molecular formula is C6H9F3O. The van der Waals surface area contributed by atoms with E-state index in [1.807, 2.05) is 0 Å². The van der Waals surface area contributed by atoms with Crippen molar-refractivity contribution in [2.24, 2.45) is 5.92 Å². The van der Waals surface area contributed by atoms with E-state index in [9.17, 15) is 13.2 Å². The van der Waals surface area contributed by atoms with Gasteiger partial charge in [0.15, 0.2) is 0 Å². The molecule has 4 heteroatoms. The number of halogens is 3. The van der Waals surface area contributed by atoms with Crippen LogP contribution in [-0.2, 0) is 4.74 Å². The fraction of sp³-hybridized carbons (Fsp3) is 1.00. The zero-order chi connectivity index (χ0) is 7.61. The van der Waals surface area contributed by atoms with Gasteiger partial charge >= 0.3 is 6.18 Å². The Bertz CT molecular complexity index is 104. The first kappa shape index (κ1) is 7.85. The van der Waals surface area contributed by atoms with Gasteiger partial charge in [-0.15, -0.1) is 0 Å². The van der Waals surface area contributed by atoms with Crippen molar-refractivity contribution in [3.05, 3.63) is 0 Å². The van der Waals surface area contributed by atoms with E-state index < -0.39 is 12.1 Å². The lowest BCUT2D eigenvalue weighted by atomic mass is 10.0. The van der Waals surface area contributed by atoms with Crippen LogP contribution in [0, 0.1) is 5.92 Å². The summed E-state index contributed by atoms with van der Waals surface area (Å²) in [5, 5.41) is 0. The van der Waals surface area contributed by atoms with Crippen LogP contribution in [0.2, 0.25) is 0 Å². The lowest BCUT2D eigenvalue weighted by Gasteiger charge is -2.23. The van der Waals surface area contributed by atoms with Gasteiger partial charge in [0.25, 0.3) is 0 Å². The summed E-state index contributed by atoms with van der Waals surface area (Å²) in [4.78, 5) is 0. The van der Waals surface area contributed by atoms with Gasteiger partial charge in [0, 0.05) is 6.61 Å². The smallest absolute Gasteiger partial charge is 0.381 e. The molecule has 0 aromatic heterocycles. The topological polar surface area (TPSA) is 9.23 Å². The van der Waals surface area contributed by atoms with Gasteiger partial charge in [-0.2, -0.15) is 13.2 Å². The number of ether oxygens (including phenoxy) is 1. The molecule has 0 N–H and O–H groups in total. The Morgan fingerprint density at radius 3 is 2.30 bits per heavy atom. The first-order valence-corrected chi connectivity index (χ1v) is 3.25. The second kappa shape index (κ2) is 2.78. The normalized spacial score (nSPS) is 28.5. The maximum absolute atomic E-state index is 11.9. The second-order valence-electron chi connectivity index (χ2n) is 2.46. The SMILES string of the molecule is FC(F)(F)C1CCCOC1. The van der Waals surface area contributed by atoms with Crippen molar-refractivity contribution < 1.29 is 17.9 Å². The molecule has 1 atom stereocenters. The Balaban J connectivity index is 2.39. The Kier molecular flexibility index (Phi) is 2.18. The lowest BCUT2D eigenvalue weighted by molar-refractivity contribution is -0.199. The highest BCUT2D eigenvalue weighted by Gasteiger charge is 2.40. The van der Waals surface area contributed by atoms with Gasteiger partial charge in [-0.1, -0.05) is 0 Å². The van der Waals surface area contributed by atoms with Crippen molar-refractivity contribution in [3.63, 3.8) is 0 Å². The van der Waals surface area contributed by atoms with Crippen molar-refractivity contribution in [2.75, 3.05) is 13.2 Å². The molecule has 0 aromatic rings. The molecule has 1 aliphatic heterocycles. The summed E-state index contributed by atoms with van der Waals surface area (Å²) >= 11 is 0. The summed E-state index contributed by atoms with van der Waals surface area (Å²) in [5.41, 5.74) is 0. The average molecular weight is 154 g/mol. The Morgan fingerprint density at radius 1 is 1.30 bits per heavy atom. The van der Waals surface area contributed by atoms with Gasteiger partial charge in [0.1, 0.15) is 0 Å². The third-order valence-electron chi connectivity index (χ3n) is 1.62. The number of hydrogen-bond donors (Lipinski definition) is 0. The molecule has 0 aromatic carbocycles. The summed E-state index contributed by atoms with van der Waals surface area (Å²) in [6, 6.07) is 0. The predicted molar refractivity (Wildman–Crippen MR) is 29.6 cm³/mol. The fourth-order valence-corrected chi connectivity index (χ4v) is 0.999. The summed E-state index contributed by atoms with van der Waals surface area (Å²) in [7, 11) is 0. The van der Waals surface area contributed by atoms with Crippen LogP contribution in [0.25, 0.3) is 0 Å². The Hall–Kier alpha value is -0.250. The van der Waals surface area contributed by atoms with E-state index in [2.05, 4.69) is 4.74 Å². The van der Waals surface area contributed by atoms with E-state index in [0.717, 1.165) is 0 Å². The van der Waals surface area contributed by atoms with E-state index in [1.54, 1.807) is 0 Å². The van der Waals surface area contributed by atoms with Gasteiger partial charge in [0.05, 0.1) is 12.5 Å². The molecule has 1 unspecified atom stereocenters. The lowest BCUT2D eigenvalue weighted by Crippen LogP contribution is -2.30. The monoisotopic (exact) mass is 154 g/mol. The maximum atomic E-state index is 11.9. The van der Waals surface area contributed by atoms with Crippen molar-refractivity contribution in [1.29, 1.82) is 0 Å². The number of hydrogen-bond acceptors (Lipinski definition) is 1. The highest BCUT2D eigenvalue weighted by Crippen LogP contribution is 2.31. The van der Waals surface area contributed by atoms with Crippen LogP contribution in [-0.4, -0.2) is 19.4 Å². The van der Waals surface area contributed by atoms with Crippen LogP contribution in [0.5, 0.6) is 0 Å². The molecule has 10 heavy (non-hydrogen) atoms. The predicted octanol–water partition coefficient (Wildman–Crippen LogP) is 1.98. The first-order chi connectivity index (χ1) is 4.61. The van der Waals surface area contributed by atoms with Crippen molar-refractivity contribution >= 4 is 0 Å². The van der Waals surface area contributed by atoms with Gasteiger partial charge in [-0.3, -0.25) is 0 Å². The first-order valence-electron chi connectivity index (χ1n) is 3.25. The standard InChI is InChI=1S/C6H9F3O/c7-6(8,9)5-2-1-3-10-4-5/h5H,1-4H2. The molecule has 1 aliphatic rings. The summed E-state index contributed by atoms with van der Waals surface area (Å²) in [5.74, 6) is -1.22. The van der Waals surface area contributed by atoms with Crippen LogP contribution in [0.15, 0.2) is 0 Å². The molecular weight excluding hydrogens is 145 g/mol. The highest BCUT2D eigenvalue weighted by atomic mass is 19.4. The minimum Gasteiger partial charge on any atom is -0.381 e. The molecule has 0 saturated carbocycles. The molecule has 0 spiro atoms. The summed E-state index contributed by atoms with van der Waals surface area (Å²) in [6.45, 7) is 0.329. The van der Waals surface area contributed by atoms with Gasteiger partial charge in [-0.25, -0.2) is 0 Å². The Labute approximate surface area is 57.2 Å². The number of rotatable bonds is 0. The molecule has 1 saturated heterocycles. The zero-order valence-electron chi connectivity index (χ0n) is 5.45. The van der Waals surface area contributed by atoms with Gasteiger partial charge in [-0.05, 0) is 12.8 Å². The molecule has 0 bridgehead atoms. The Morgan fingerprint density at radius 2 is 2.00 bits per heavy atom. The molecule has 0 amide bonds. The van der Waals surface area contributed by atoms with Crippen molar-refractivity contribution in [1.82, 2.24) is 0 Å². The molecule has 0 aliphatic carbocycles. The van der Waals surface area contributed by atoms with Crippen LogP contribution in [0.3, 0.4) is 0 Å². The second-order valence-corrected chi connectivity index (χ2v) is 2.46. The van der Waals surface area contributed by atoms with Crippen molar-refractivity contribution in [3.8, 4) is 0 Å². The summed E-state index contributed by atoms with van der Waals surface area (Å²) in [6.07, 6.45) is -3.30. The minimum absolute atomic E-state index is 0.149. The van der Waals surface area contributed by atoms with Crippen molar-refractivity contribution in [2.45, 2.75) is 19.0 Å². The van der Waals surface area contributed by atoms with Crippen LogP contribution in [0.1, 0.15) is 12.8 Å². The average Bonchev–Trinajstić information content (AvgIpc) is 1.88. The van der Waals surface area contributed by atoms with Crippen LogP contribution >= 0.6 is 0 Å². The van der Waals surface area contributed by atoms with E-state index in [4.69, 9.17) is 0 Å². The van der Waals surface area contributed by atoms with Crippen LogP contribution < -0.4 is 0 Å².